The molecule has 0 aromatic heterocycles. The van der Waals surface area contributed by atoms with E-state index >= 15 is 0 Å². The van der Waals surface area contributed by atoms with Crippen LogP contribution < -0.4 is 5.43 Å². The van der Waals surface area contributed by atoms with Crippen LogP contribution in [-0.4, -0.2) is 19.0 Å². The van der Waals surface area contributed by atoms with Crippen LogP contribution in [0.25, 0.3) is 0 Å². The molecule has 13 heavy (non-hydrogen) atoms. The largest absolute Gasteiger partial charge is 0.483 e. The summed E-state index contributed by atoms with van der Waals surface area (Å²) < 4.78 is 5.27. The zero-order valence-electron chi connectivity index (χ0n) is 8.42. The number of hydrazone groups is 1. The van der Waals surface area contributed by atoms with Gasteiger partial charge in [-0.3, -0.25) is 0 Å². The summed E-state index contributed by atoms with van der Waals surface area (Å²) in [6, 6.07) is 0.542. The van der Waals surface area contributed by atoms with Gasteiger partial charge in [-0.2, -0.15) is 0 Å². The van der Waals surface area contributed by atoms with Crippen LogP contribution in [0.4, 0.5) is 0 Å². The van der Waals surface area contributed by atoms with Gasteiger partial charge in [-0.25, -0.2) is 0 Å². The number of rotatable bonds is 0. The third-order valence-electron chi connectivity index (χ3n) is 3.22. The van der Waals surface area contributed by atoms with Crippen LogP contribution in [0.1, 0.15) is 32.6 Å². The van der Waals surface area contributed by atoms with E-state index in [9.17, 15) is 0 Å². The molecule has 2 rings (SSSR count). The molecule has 0 amide bonds. The maximum atomic E-state index is 5.27. The van der Waals surface area contributed by atoms with Crippen LogP contribution in [0.3, 0.4) is 0 Å². The lowest BCUT2D eigenvalue weighted by atomic mass is 9.92. The predicted octanol–water partition coefficient (Wildman–Crippen LogP) is 1.74. The molecule has 1 aliphatic heterocycles. The minimum atomic E-state index is 0.530. The van der Waals surface area contributed by atoms with Crippen LogP contribution in [0.2, 0.25) is 0 Å². The van der Waals surface area contributed by atoms with E-state index in [0.29, 0.717) is 12.0 Å². The van der Waals surface area contributed by atoms with Crippen molar-refractivity contribution in [3.63, 3.8) is 0 Å². The van der Waals surface area contributed by atoms with Crippen LogP contribution in [0.5, 0.6) is 0 Å². The first-order valence-electron chi connectivity index (χ1n) is 5.18. The monoisotopic (exact) mass is 182 g/mol. The van der Waals surface area contributed by atoms with E-state index in [1.807, 2.05) is 0 Å². The minimum absolute atomic E-state index is 0.530. The van der Waals surface area contributed by atoms with Gasteiger partial charge in [0.2, 0.25) is 5.90 Å². The van der Waals surface area contributed by atoms with Crippen molar-refractivity contribution in [1.82, 2.24) is 5.43 Å². The summed E-state index contributed by atoms with van der Waals surface area (Å²) in [4.78, 5) is 0. The van der Waals surface area contributed by atoms with Crippen molar-refractivity contribution in [3.05, 3.63) is 0 Å². The number of hydrogen-bond donors (Lipinski definition) is 1. The van der Waals surface area contributed by atoms with Crippen LogP contribution in [0, 0.1) is 11.8 Å². The Kier molecular flexibility index (Phi) is 2.42. The normalized spacial score (nSPS) is 38.6. The number of fused-ring (bicyclic) bond motifs is 1. The van der Waals surface area contributed by atoms with E-state index in [1.165, 1.54) is 25.7 Å². The molecule has 0 bridgehead atoms. The van der Waals surface area contributed by atoms with Gasteiger partial charge < -0.3 is 10.2 Å². The van der Waals surface area contributed by atoms with Crippen molar-refractivity contribution in [1.29, 1.82) is 0 Å². The van der Waals surface area contributed by atoms with Crippen molar-refractivity contribution >= 4 is 5.90 Å². The molecule has 1 fully saturated rings. The average molecular weight is 182 g/mol. The van der Waals surface area contributed by atoms with Gasteiger partial charge in [-0.15, -0.1) is 5.10 Å². The van der Waals surface area contributed by atoms with Gasteiger partial charge in [0, 0.05) is 0 Å². The molecule has 1 N–H and O–H groups in total. The minimum Gasteiger partial charge on any atom is -0.483 e. The Morgan fingerprint density at radius 1 is 1.46 bits per heavy atom. The zero-order valence-corrected chi connectivity index (χ0v) is 8.42. The first-order valence-corrected chi connectivity index (χ1v) is 5.18. The standard InChI is InChI=1S/C10H18N2O/c1-7-4-3-5-9-8(6-7)10(13-2)12-11-9/h7-9,11H,3-6H2,1-2H3. The molecule has 74 valence electrons. The van der Waals surface area contributed by atoms with Crippen LogP contribution >= 0.6 is 0 Å². The molecule has 0 saturated heterocycles. The highest BCUT2D eigenvalue weighted by Crippen LogP contribution is 2.31. The molecule has 3 heteroatoms. The number of nitrogens with one attached hydrogen (secondary N) is 1. The van der Waals surface area contributed by atoms with Crippen LogP contribution in [-0.2, 0) is 4.74 Å². The zero-order chi connectivity index (χ0) is 9.26. The summed E-state index contributed by atoms with van der Waals surface area (Å²) in [5, 5.41) is 4.22. The number of ether oxygens (including phenoxy) is 1. The van der Waals surface area contributed by atoms with Gasteiger partial charge in [0.25, 0.3) is 0 Å². The highest BCUT2D eigenvalue weighted by molar-refractivity contribution is 5.80. The fraction of sp³-hybridized carbons (Fsp3) is 0.900. The Bertz CT molecular complexity index is 215. The highest BCUT2D eigenvalue weighted by Gasteiger charge is 2.35. The number of nitrogens with zero attached hydrogens (tertiary/aromatic N) is 1. The Labute approximate surface area is 79.5 Å². The van der Waals surface area contributed by atoms with Gasteiger partial charge in [-0.05, 0) is 18.8 Å². The first-order chi connectivity index (χ1) is 6.31. The SMILES string of the molecule is COC1=NNC2CCCC(C)CC12. The van der Waals surface area contributed by atoms with Crippen LogP contribution in [0.15, 0.2) is 5.10 Å². The molecule has 0 spiro atoms. The van der Waals surface area contributed by atoms with Crippen molar-refractivity contribution < 1.29 is 4.74 Å². The quantitative estimate of drug-likeness (QED) is 0.619. The lowest BCUT2D eigenvalue weighted by Gasteiger charge is -2.17. The summed E-state index contributed by atoms with van der Waals surface area (Å²) in [5.41, 5.74) is 3.18. The Morgan fingerprint density at radius 3 is 3.08 bits per heavy atom. The van der Waals surface area contributed by atoms with Crippen molar-refractivity contribution in [2.24, 2.45) is 16.9 Å². The molecule has 3 nitrogen and oxygen atoms in total. The lowest BCUT2D eigenvalue weighted by Crippen LogP contribution is -2.29. The average Bonchev–Trinajstić information content (AvgIpc) is 2.39. The van der Waals surface area contributed by atoms with E-state index < -0.39 is 0 Å². The second-order valence-corrected chi connectivity index (χ2v) is 4.27. The molecule has 3 atom stereocenters. The third kappa shape index (κ3) is 1.64. The smallest absolute Gasteiger partial charge is 0.210 e. The predicted molar refractivity (Wildman–Crippen MR) is 52.5 cm³/mol. The molecule has 2 aliphatic rings. The fourth-order valence-electron chi connectivity index (χ4n) is 2.46. The summed E-state index contributed by atoms with van der Waals surface area (Å²) in [6.45, 7) is 2.33. The van der Waals surface area contributed by atoms with E-state index in [2.05, 4.69) is 17.5 Å². The second kappa shape index (κ2) is 3.56. The van der Waals surface area contributed by atoms with Gasteiger partial charge in [0.15, 0.2) is 0 Å². The molecule has 1 saturated carbocycles. The van der Waals surface area contributed by atoms with Gasteiger partial charge in [0.1, 0.15) is 0 Å². The maximum Gasteiger partial charge on any atom is 0.210 e. The third-order valence-corrected chi connectivity index (χ3v) is 3.22. The topological polar surface area (TPSA) is 33.6 Å². The lowest BCUT2D eigenvalue weighted by molar-refractivity contribution is 0.340. The summed E-state index contributed by atoms with van der Waals surface area (Å²) in [6.07, 6.45) is 5.14. The maximum absolute atomic E-state index is 5.27. The molecule has 1 aliphatic carbocycles. The highest BCUT2D eigenvalue weighted by atomic mass is 16.5. The molecular weight excluding hydrogens is 164 g/mol. The molecular formula is C10H18N2O. The van der Waals surface area contributed by atoms with E-state index in [-0.39, 0.29) is 0 Å². The van der Waals surface area contributed by atoms with E-state index in [0.717, 1.165) is 11.8 Å². The Morgan fingerprint density at radius 2 is 2.31 bits per heavy atom. The van der Waals surface area contributed by atoms with Gasteiger partial charge >= 0.3 is 0 Å². The molecule has 0 aromatic rings. The number of hydrogen-bond acceptors (Lipinski definition) is 3. The molecule has 1 heterocycles. The summed E-state index contributed by atoms with van der Waals surface area (Å²) in [7, 11) is 1.72. The molecule has 0 aromatic carbocycles. The molecule has 0 radical (unpaired) electrons. The first kappa shape index (κ1) is 8.85. The number of methoxy groups -OCH3 is 1. The van der Waals surface area contributed by atoms with Crippen molar-refractivity contribution in [2.75, 3.05) is 7.11 Å². The second-order valence-electron chi connectivity index (χ2n) is 4.27. The Balaban J connectivity index is 2.07. The van der Waals surface area contributed by atoms with Crippen molar-refractivity contribution in [3.8, 4) is 0 Å². The Hall–Kier alpha value is -0.730. The van der Waals surface area contributed by atoms with Gasteiger partial charge in [-0.1, -0.05) is 19.8 Å². The summed E-state index contributed by atoms with van der Waals surface area (Å²) in [5.74, 6) is 2.26. The van der Waals surface area contributed by atoms with Gasteiger partial charge in [0.05, 0.1) is 19.1 Å². The van der Waals surface area contributed by atoms with Crippen molar-refractivity contribution in [2.45, 2.75) is 38.6 Å². The van der Waals surface area contributed by atoms with E-state index in [4.69, 9.17) is 4.74 Å². The molecule has 3 unspecified atom stereocenters. The van der Waals surface area contributed by atoms with E-state index in [1.54, 1.807) is 7.11 Å². The fourth-order valence-corrected chi connectivity index (χ4v) is 2.46. The summed E-state index contributed by atoms with van der Waals surface area (Å²) >= 11 is 0.